The van der Waals surface area contributed by atoms with Crippen LogP contribution in [-0.4, -0.2) is 69.9 Å². The Labute approximate surface area is 190 Å². The molecule has 2 aromatic carbocycles. The number of carbonyl (C=O) groups excluding carboxylic acids is 1. The van der Waals surface area contributed by atoms with Crippen LogP contribution in [0.15, 0.2) is 41.3 Å². The first-order valence-electron chi connectivity index (χ1n) is 11.1. The van der Waals surface area contributed by atoms with E-state index in [4.69, 9.17) is 4.74 Å². The van der Waals surface area contributed by atoms with Gasteiger partial charge in [0.2, 0.25) is 10.0 Å². The molecule has 0 aliphatic carbocycles. The molecule has 2 fully saturated rings. The lowest BCUT2D eigenvalue weighted by Crippen LogP contribution is -2.48. The number of hydrogen-bond donors (Lipinski definition) is 0. The van der Waals surface area contributed by atoms with Gasteiger partial charge in [-0.3, -0.25) is 4.79 Å². The van der Waals surface area contributed by atoms with Crippen molar-refractivity contribution < 1.29 is 17.9 Å². The van der Waals surface area contributed by atoms with Gasteiger partial charge in [-0.05, 0) is 62.1 Å². The Morgan fingerprint density at radius 3 is 2.28 bits per heavy atom. The zero-order valence-corrected chi connectivity index (χ0v) is 19.8. The second kappa shape index (κ2) is 9.11. The van der Waals surface area contributed by atoms with Crippen molar-refractivity contribution in [3.8, 4) is 5.75 Å². The highest BCUT2D eigenvalue weighted by molar-refractivity contribution is 7.89. The van der Waals surface area contributed by atoms with Gasteiger partial charge in [-0.2, -0.15) is 4.31 Å². The van der Waals surface area contributed by atoms with Crippen LogP contribution in [-0.2, 0) is 10.0 Å². The van der Waals surface area contributed by atoms with Gasteiger partial charge in [0.1, 0.15) is 5.75 Å². The molecule has 8 heteroatoms. The molecule has 0 spiro atoms. The third-order valence-corrected chi connectivity index (χ3v) is 8.48. The topological polar surface area (TPSA) is 70.2 Å². The second-order valence-corrected chi connectivity index (χ2v) is 10.4. The van der Waals surface area contributed by atoms with Gasteiger partial charge in [0.25, 0.3) is 5.91 Å². The highest BCUT2D eigenvalue weighted by atomic mass is 32.2. The van der Waals surface area contributed by atoms with Gasteiger partial charge in [-0.1, -0.05) is 12.1 Å². The number of piperazine rings is 1. The zero-order valence-electron chi connectivity index (χ0n) is 19.0. The first-order valence-corrected chi connectivity index (χ1v) is 12.6. The predicted molar refractivity (Wildman–Crippen MR) is 125 cm³/mol. The van der Waals surface area contributed by atoms with Gasteiger partial charge >= 0.3 is 0 Å². The number of methoxy groups -OCH3 is 1. The second-order valence-electron chi connectivity index (χ2n) is 8.47. The number of aryl methyl sites for hydroxylation is 1. The number of nitrogens with zero attached hydrogens (tertiary/aromatic N) is 3. The van der Waals surface area contributed by atoms with Crippen LogP contribution >= 0.6 is 0 Å². The van der Waals surface area contributed by atoms with Gasteiger partial charge in [0, 0.05) is 45.0 Å². The fourth-order valence-corrected chi connectivity index (χ4v) is 5.95. The minimum Gasteiger partial charge on any atom is -0.496 e. The van der Waals surface area contributed by atoms with E-state index in [0.717, 1.165) is 18.5 Å². The molecule has 0 aromatic heterocycles. The standard InChI is InChI=1S/C24H31N3O4S/c1-18-7-6-8-22(19(18)2)25-13-15-27(16-14-25)32(29,30)20-9-10-23(31-3)21(17-20)24(28)26-11-4-5-12-26/h6-10,17H,4-5,11-16H2,1-3H3. The number of rotatable bonds is 5. The van der Waals surface area contributed by atoms with Crippen molar-refractivity contribution in [2.45, 2.75) is 31.6 Å². The average Bonchev–Trinajstić information content (AvgIpc) is 3.35. The summed E-state index contributed by atoms with van der Waals surface area (Å²) in [5.41, 5.74) is 3.92. The summed E-state index contributed by atoms with van der Waals surface area (Å²) in [5, 5.41) is 0. The molecule has 0 unspecified atom stereocenters. The number of ether oxygens (including phenoxy) is 1. The maximum absolute atomic E-state index is 13.4. The molecule has 2 aliphatic rings. The normalized spacial score (nSPS) is 17.6. The van der Waals surface area contributed by atoms with Crippen molar-refractivity contribution in [3.63, 3.8) is 0 Å². The third-order valence-electron chi connectivity index (χ3n) is 6.59. The van der Waals surface area contributed by atoms with Gasteiger partial charge in [-0.15, -0.1) is 0 Å². The lowest BCUT2D eigenvalue weighted by molar-refractivity contribution is 0.0789. The molecule has 2 aromatic rings. The van der Waals surface area contributed by atoms with Gasteiger partial charge in [-0.25, -0.2) is 8.42 Å². The van der Waals surface area contributed by atoms with Crippen LogP contribution in [0.2, 0.25) is 0 Å². The largest absolute Gasteiger partial charge is 0.496 e. The molecule has 2 saturated heterocycles. The van der Waals surface area contributed by atoms with Crippen LogP contribution < -0.4 is 9.64 Å². The molecule has 4 rings (SSSR count). The lowest BCUT2D eigenvalue weighted by atomic mass is 10.1. The van der Waals surface area contributed by atoms with Crippen LogP contribution in [0.3, 0.4) is 0 Å². The third kappa shape index (κ3) is 4.21. The minimum atomic E-state index is -3.71. The molecule has 0 bridgehead atoms. The van der Waals surface area contributed by atoms with E-state index in [1.807, 2.05) is 6.07 Å². The van der Waals surface area contributed by atoms with Crippen molar-refractivity contribution in [3.05, 3.63) is 53.1 Å². The van der Waals surface area contributed by atoms with E-state index >= 15 is 0 Å². The van der Waals surface area contributed by atoms with E-state index in [1.54, 1.807) is 11.0 Å². The molecule has 7 nitrogen and oxygen atoms in total. The van der Waals surface area contributed by atoms with Crippen LogP contribution in [0.5, 0.6) is 5.75 Å². The van der Waals surface area contributed by atoms with E-state index in [-0.39, 0.29) is 10.8 Å². The molecule has 32 heavy (non-hydrogen) atoms. The van der Waals surface area contributed by atoms with E-state index in [9.17, 15) is 13.2 Å². The quantitative estimate of drug-likeness (QED) is 0.690. The molecule has 0 atom stereocenters. The lowest BCUT2D eigenvalue weighted by Gasteiger charge is -2.36. The predicted octanol–water partition coefficient (Wildman–Crippen LogP) is 3.06. The molecule has 2 aliphatic heterocycles. The fraction of sp³-hybridized carbons (Fsp3) is 0.458. The zero-order chi connectivity index (χ0) is 22.9. The Balaban J connectivity index is 1.54. The smallest absolute Gasteiger partial charge is 0.257 e. The van der Waals surface area contributed by atoms with Gasteiger partial charge in [0.05, 0.1) is 17.6 Å². The number of carbonyl (C=O) groups is 1. The van der Waals surface area contributed by atoms with Crippen molar-refractivity contribution in [1.29, 1.82) is 0 Å². The summed E-state index contributed by atoms with van der Waals surface area (Å²) >= 11 is 0. The number of anilines is 1. The van der Waals surface area contributed by atoms with Crippen LogP contribution in [0, 0.1) is 13.8 Å². The Bertz CT molecular complexity index is 1100. The Kier molecular flexibility index (Phi) is 6.44. The summed E-state index contributed by atoms with van der Waals surface area (Å²) in [6.07, 6.45) is 1.94. The Hall–Kier alpha value is -2.58. The molecule has 2 heterocycles. The fourth-order valence-electron chi connectivity index (χ4n) is 4.50. The Morgan fingerprint density at radius 1 is 0.938 bits per heavy atom. The summed E-state index contributed by atoms with van der Waals surface area (Å²) in [6.45, 7) is 7.62. The van der Waals surface area contributed by atoms with Crippen molar-refractivity contribution in [2.24, 2.45) is 0 Å². The average molecular weight is 458 g/mol. The highest BCUT2D eigenvalue weighted by Crippen LogP contribution is 2.29. The SMILES string of the molecule is COc1ccc(S(=O)(=O)N2CCN(c3cccc(C)c3C)CC2)cc1C(=O)N1CCCC1. The van der Waals surface area contributed by atoms with E-state index in [2.05, 4.69) is 30.9 Å². The summed E-state index contributed by atoms with van der Waals surface area (Å²) in [5.74, 6) is 0.233. The summed E-state index contributed by atoms with van der Waals surface area (Å²) in [6, 6.07) is 10.8. The van der Waals surface area contributed by atoms with E-state index in [1.165, 1.54) is 34.7 Å². The van der Waals surface area contributed by atoms with Crippen molar-refractivity contribution in [1.82, 2.24) is 9.21 Å². The van der Waals surface area contributed by atoms with E-state index in [0.29, 0.717) is 50.6 Å². The first-order chi connectivity index (χ1) is 15.3. The van der Waals surface area contributed by atoms with Gasteiger partial charge < -0.3 is 14.5 Å². The molecule has 172 valence electrons. The van der Waals surface area contributed by atoms with Gasteiger partial charge in [0.15, 0.2) is 0 Å². The van der Waals surface area contributed by atoms with Crippen molar-refractivity contribution >= 4 is 21.6 Å². The summed E-state index contributed by atoms with van der Waals surface area (Å²) < 4.78 is 33.7. The molecule has 0 N–H and O–H groups in total. The number of amides is 1. The van der Waals surface area contributed by atoms with Crippen molar-refractivity contribution in [2.75, 3.05) is 51.3 Å². The summed E-state index contributed by atoms with van der Waals surface area (Å²) in [7, 11) is -2.21. The number of likely N-dealkylation sites (tertiary alicyclic amines) is 1. The minimum absolute atomic E-state index is 0.140. The molecular formula is C24H31N3O4S. The Morgan fingerprint density at radius 2 is 1.62 bits per heavy atom. The van der Waals surface area contributed by atoms with Crippen LogP contribution in [0.1, 0.15) is 34.3 Å². The number of benzene rings is 2. The maximum Gasteiger partial charge on any atom is 0.257 e. The number of hydrogen-bond acceptors (Lipinski definition) is 5. The van der Waals surface area contributed by atoms with Crippen LogP contribution in [0.4, 0.5) is 5.69 Å². The first kappa shape index (κ1) is 22.6. The monoisotopic (exact) mass is 457 g/mol. The highest BCUT2D eigenvalue weighted by Gasteiger charge is 2.31. The maximum atomic E-state index is 13.4. The van der Waals surface area contributed by atoms with E-state index < -0.39 is 10.0 Å². The molecule has 0 radical (unpaired) electrons. The number of sulfonamides is 1. The molecule has 1 amide bonds. The van der Waals surface area contributed by atoms with Crippen LogP contribution in [0.25, 0.3) is 0 Å². The summed E-state index contributed by atoms with van der Waals surface area (Å²) in [4.78, 5) is 17.1. The molecule has 0 saturated carbocycles. The molecular weight excluding hydrogens is 426 g/mol.